The maximum absolute atomic E-state index is 12.6. The Hall–Kier alpha value is -3.44. The van der Waals surface area contributed by atoms with Gasteiger partial charge in [-0.25, -0.2) is 0 Å². The zero-order valence-electron chi connectivity index (χ0n) is 17.8. The summed E-state index contributed by atoms with van der Waals surface area (Å²) >= 11 is 1.27. The number of aliphatic imine (C=N–C) groups is 1. The van der Waals surface area contributed by atoms with E-state index in [1.54, 1.807) is 37.3 Å². The average Bonchev–Trinajstić information content (AvgIpc) is 3.22. The highest BCUT2D eigenvalue weighted by Gasteiger charge is 2.35. The van der Waals surface area contributed by atoms with Gasteiger partial charge in [-0.2, -0.15) is 23.5 Å². The van der Waals surface area contributed by atoms with E-state index in [1.165, 1.54) is 41.0 Å². The lowest BCUT2D eigenvalue weighted by Crippen LogP contribution is -2.35. The molecular weight excluding hydrogens is 464 g/mol. The van der Waals surface area contributed by atoms with E-state index in [2.05, 4.69) is 10.1 Å². The van der Waals surface area contributed by atoms with Crippen molar-refractivity contribution in [2.75, 3.05) is 6.61 Å². The van der Waals surface area contributed by atoms with Crippen LogP contribution in [-0.4, -0.2) is 42.0 Å². The molecule has 0 unspecified atom stereocenters. The Bertz CT molecular complexity index is 1320. The number of hydrogen-bond donors (Lipinski definition) is 1. The molecule has 1 amide bonds. The summed E-state index contributed by atoms with van der Waals surface area (Å²) in [6, 6.07) is 12.4. The normalized spacial score (nSPS) is 17.0. The quantitative estimate of drug-likeness (QED) is 0.467. The minimum absolute atomic E-state index is 0.0151. The Labute approximate surface area is 195 Å². The Morgan fingerprint density at radius 1 is 1.12 bits per heavy atom. The van der Waals surface area contributed by atoms with Gasteiger partial charge in [0.05, 0.1) is 12.2 Å². The molecule has 4 rings (SSSR count). The van der Waals surface area contributed by atoms with Crippen LogP contribution in [0, 0.1) is 5.41 Å². The zero-order chi connectivity index (χ0) is 23.6. The summed E-state index contributed by atoms with van der Waals surface area (Å²) in [5, 5.41) is 15.2. The van der Waals surface area contributed by atoms with E-state index in [0.29, 0.717) is 17.2 Å². The first-order valence-corrected chi connectivity index (χ1v) is 12.3. The van der Waals surface area contributed by atoms with Crippen LogP contribution in [0.1, 0.15) is 25.8 Å². The molecule has 11 heteroatoms. The van der Waals surface area contributed by atoms with E-state index in [4.69, 9.17) is 14.3 Å². The van der Waals surface area contributed by atoms with Crippen LogP contribution in [0.25, 0.3) is 6.08 Å². The van der Waals surface area contributed by atoms with Gasteiger partial charge < -0.3 is 8.92 Å². The minimum Gasteiger partial charge on any atom is -0.490 e. The molecule has 33 heavy (non-hydrogen) atoms. The molecule has 0 aromatic heterocycles. The van der Waals surface area contributed by atoms with Crippen molar-refractivity contribution >= 4 is 49.9 Å². The Morgan fingerprint density at radius 2 is 1.88 bits per heavy atom. The number of thioether (sulfide) groups is 1. The molecule has 0 aliphatic carbocycles. The molecule has 2 heterocycles. The van der Waals surface area contributed by atoms with Gasteiger partial charge in [-0.15, -0.1) is 0 Å². The van der Waals surface area contributed by atoms with Crippen LogP contribution in [0.2, 0.25) is 0 Å². The minimum atomic E-state index is -4.05. The molecule has 0 fully saturated rings. The van der Waals surface area contributed by atoms with Crippen molar-refractivity contribution in [2.45, 2.75) is 25.2 Å². The summed E-state index contributed by atoms with van der Waals surface area (Å²) in [7, 11) is -4.05. The van der Waals surface area contributed by atoms with Gasteiger partial charge in [-0.05, 0) is 61.0 Å². The third kappa shape index (κ3) is 4.69. The number of amidine groups is 2. The lowest BCUT2D eigenvalue weighted by Gasteiger charge is -2.20. The smallest absolute Gasteiger partial charge is 0.339 e. The first-order valence-electron chi connectivity index (χ1n) is 10.1. The molecule has 0 atom stereocenters. The van der Waals surface area contributed by atoms with Crippen molar-refractivity contribution in [3.63, 3.8) is 0 Å². The number of hydrazone groups is 1. The highest BCUT2D eigenvalue weighted by Crippen LogP contribution is 2.33. The largest absolute Gasteiger partial charge is 0.490 e. The molecule has 0 saturated carbocycles. The molecule has 1 N–H and O–H groups in total. The summed E-state index contributed by atoms with van der Waals surface area (Å²) in [6.07, 6.45) is 2.17. The molecule has 2 aromatic rings. The molecule has 0 spiro atoms. The molecule has 2 aromatic carbocycles. The maximum Gasteiger partial charge on any atom is 0.339 e. The molecule has 0 bridgehead atoms. The Kier molecular flexibility index (Phi) is 6.34. The monoisotopic (exact) mass is 484 g/mol. The number of nitrogens with zero attached hydrogens (tertiary/aromatic N) is 3. The average molecular weight is 485 g/mol. The number of fused-ring (bicyclic) bond motifs is 1. The topological polar surface area (TPSA) is 121 Å². The zero-order valence-corrected chi connectivity index (χ0v) is 19.4. The fraction of sp³-hybridized carbons (Fsp3) is 0.182. The Balaban J connectivity index is 1.66. The van der Waals surface area contributed by atoms with Crippen molar-refractivity contribution in [3.05, 3.63) is 59.7 Å². The maximum atomic E-state index is 12.6. The lowest BCUT2D eigenvalue weighted by atomic mass is 10.1. The predicted molar refractivity (Wildman–Crippen MR) is 127 cm³/mol. The number of benzene rings is 2. The van der Waals surface area contributed by atoms with Crippen molar-refractivity contribution in [1.29, 1.82) is 5.41 Å². The van der Waals surface area contributed by atoms with Crippen LogP contribution in [0.3, 0.4) is 0 Å². The molecule has 2 aliphatic rings. The molecule has 2 aliphatic heterocycles. The number of nitrogens with one attached hydrogen (secondary N) is 1. The third-order valence-electron chi connectivity index (χ3n) is 4.61. The van der Waals surface area contributed by atoms with Crippen LogP contribution in [0.5, 0.6) is 11.5 Å². The number of rotatable bonds is 7. The van der Waals surface area contributed by atoms with Crippen molar-refractivity contribution in [3.8, 4) is 11.5 Å². The van der Waals surface area contributed by atoms with Gasteiger partial charge in [0.1, 0.15) is 9.94 Å². The molecule has 9 nitrogen and oxygen atoms in total. The first kappa shape index (κ1) is 22.7. The Morgan fingerprint density at radius 3 is 2.58 bits per heavy atom. The van der Waals surface area contributed by atoms with E-state index < -0.39 is 16.0 Å². The lowest BCUT2D eigenvalue weighted by molar-refractivity contribution is -0.114. The highest BCUT2D eigenvalue weighted by atomic mass is 32.2. The number of carbonyl (C=O) groups is 1. The van der Waals surface area contributed by atoms with Crippen LogP contribution in [-0.2, 0) is 14.9 Å². The van der Waals surface area contributed by atoms with Gasteiger partial charge >= 0.3 is 10.1 Å². The van der Waals surface area contributed by atoms with Crippen LogP contribution >= 0.6 is 11.8 Å². The fourth-order valence-electron chi connectivity index (χ4n) is 3.05. The predicted octanol–water partition coefficient (Wildman–Crippen LogP) is 3.88. The second-order valence-electron chi connectivity index (χ2n) is 6.86. The van der Waals surface area contributed by atoms with Gasteiger partial charge in [0.15, 0.2) is 17.3 Å². The number of amides is 1. The molecule has 170 valence electrons. The molecule has 0 radical (unpaired) electrons. The van der Waals surface area contributed by atoms with E-state index in [9.17, 15) is 13.2 Å². The van der Waals surface area contributed by atoms with Gasteiger partial charge in [-0.3, -0.25) is 10.2 Å². The van der Waals surface area contributed by atoms with Crippen molar-refractivity contribution in [1.82, 2.24) is 5.01 Å². The number of carbonyl (C=O) groups excluding carboxylic acids is 1. The number of hydrogen-bond acceptors (Lipinski definition) is 8. The summed E-state index contributed by atoms with van der Waals surface area (Å²) in [5.74, 6) is -0.420. The van der Waals surface area contributed by atoms with Crippen molar-refractivity contribution in [2.24, 2.45) is 10.1 Å². The fourth-order valence-corrected chi connectivity index (χ4v) is 4.83. The summed E-state index contributed by atoms with van der Waals surface area (Å²) in [6.45, 7) is 3.96. The second-order valence-corrected chi connectivity index (χ2v) is 9.44. The standard InChI is InChI=1S/C22H20N4O5S2/c1-3-19-25-26-20(23)16(21(27)24-22(26)32-19)12-14-10-11-17(18(13-14)30-4-2)31-33(28,29)15-8-6-5-7-9-15/h5-13,23H,3-4H2,1-2H3/b16-12-,23-20?. The van der Waals surface area contributed by atoms with Gasteiger partial charge in [0.2, 0.25) is 5.17 Å². The number of ether oxygens (including phenoxy) is 1. The summed E-state index contributed by atoms with van der Waals surface area (Å²) < 4.78 is 36.1. The van der Waals surface area contributed by atoms with E-state index in [0.717, 1.165) is 5.04 Å². The van der Waals surface area contributed by atoms with Crippen molar-refractivity contribution < 1.29 is 22.1 Å². The van der Waals surface area contributed by atoms with Gasteiger partial charge in [0.25, 0.3) is 5.91 Å². The molecular formula is C22H20N4O5S2. The van der Waals surface area contributed by atoms with Crippen LogP contribution in [0.15, 0.2) is 69.1 Å². The van der Waals surface area contributed by atoms with Gasteiger partial charge in [0, 0.05) is 0 Å². The molecule has 0 saturated heterocycles. The summed E-state index contributed by atoms with van der Waals surface area (Å²) in [5.41, 5.74) is 0.578. The van der Waals surface area contributed by atoms with Crippen LogP contribution in [0.4, 0.5) is 0 Å². The van der Waals surface area contributed by atoms with Crippen LogP contribution < -0.4 is 8.92 Å². The summed E-state index contributed by atoms with van der Waals surface area (Å²) in [4.78, 5) is 16.6. The third-order valence-corrected chi connectivity index (χ3v) is 6.91. The second kappa shape index (κ2) is 9.20. The highest BCUT2D eigenvalue weighted by molar-refractivity contribution is 8.26. The van der Waals surface area contributed by atoms with E-state index >= 15 is 0 Å². The van der Waals surface area contributed by atoms with Gasteiger partial charge in [-0.1, -0.05) is 31.2 Å². The van der Waals surface area contributed by atoms with E-state index in [1.807, 2.05) is 6.92 Å². The SMILES string of the molecule is CCOc1cc(/C=C2/C(=N)N3N=C(CC)SC3=NC2=O)ccc1OS(=O)(=O)c1ccccc1. The first-order chi connectivity index (χ1) is 15.8. The van der Waals surface area contributed by atoms with E-state index in [-0.39, 0.29) is 34.4 Å².